The summed E-state index contributed by atoms with van der Waals surface area (Å²) < 4.78 is 6.72. The number of hydrogen-bond acceptors (Lipinski definition) is 5. The first kappa shape index (κ1) is 27.4. The van der Waals surface area contributed by atoms with Gasteiger partial charge in [0, 0.05) is 68.1 Å². The Morgan fingerprint density at radius 3 is 2.69 bits per heavy atom. The van der Waals surface area contributed by atoms with Gasteiger partial charge in [0.15, 0.2) is 0 Å². The van der Waals surface area contributed by atoms with Crippen molar-refractivity contribution in [2.45, 2.75) is 44.8 Å². The number of piperidine rings is 1. The molecule has 1 fully saturated rings. The van der Waals surface area contributed by atoms with Crippen molar-refractivity contribution < 1.29 is 42.2 Å². The molecule has 35 heavy (non-hydrogen) atoms. The van der Waals surface area contributed by atoms with Crippen molar-refractivity contribution in [1.29, 1.82) is 0 Å². The van der Waals surface area contributed by atoms with E-state index < -0.39 is 0 Å². The molecule has 0 aliphatic carbocycles. The minimum atomic E-state index is -0.283. The smallest absolute Gasteiger partial charge is 0.410 e. The first-order chi connectivity index (χ1) is 15.8. The standard InChI is InChI=1S/C24H26ClN6O2.CH3.Y/c1-15(2)33-23(32)29-10-7-24(8-11-29)16(3)30(21-13-27-9-6-18(21)24)14-22-28-19-5-4-17(25)12-20(19)31(22)26;;/h4-6,9,12-13,15,26H,3,7-8,10-11,14H2,1-2H3;1H3;/q2*-1;. The molecule has 0 bridgehead atoms. The topological polar surface area (TPSA) is 87.3 Å². The van der Waals surface area contributed by atoms with Gasteiger partial charge in [-0.1, -0.05) is 18.2 Å². The predicted molar refractivity (Wildman–Crippen MR) is 135 cm³/mol. The number of benzene rings is 1. The van der Waals surface area contributed by atoms with Gasteiger partial charge in [0.05, 0.1) is 35.6 Å². The molecule has 3 aromatic rings. The molecule has 1 N–H and O–H groups in total. The fourth-order valence-corrected chi connectivity index (χ4v) is 5.16. The summed E-state index contributed by atoms with van der Waals surface area (Å²) in [6, 6.07) is 7.41. The van der Waals surface area contributed by atoms with E-state index in [-0.39, 0.29) is 57.7 Å². The van der Waals surface area contributed by atoms with Gasteiger partial charge >= 0.3 is 6.09 Å². The van der Waals surface area contributed by atoms with Gasteiger partial charge in [-0.3, -0.25) is 4.98 Å². The number of ether oxygens (including phenoxy) is 1. The molecule has 0 saturated carbocycles. The number of pyridine rings is 1. The molecule has 1 aromatic carbocycles. The second-order valence-corrected chi connectivity index (χ2v) is 9.36. The van der Waals surface area contributed by atoms with Crippen molar-refractivity contribution >= 4 is 34.4 Å². The molecule has 8 nitrogen and oxygen atoms in total. The monoisotopic (exact) mass is 569 g/mol. The van der Waals surface area contributed by atoms with Gasteiger partial charge in [-0.15, -0.1) is 0 Å². The number of nitrogens with zero attached hydrogens (tertiary/aromatic N) is 5. The number of carbonyl (C=O) groups excluding carboxylic acids is 1. The Balaban J connectivity index is 0.00000171. The number of imidazole rings is 1. The molecule has 4 heterocycles. The predicted octanol–water partition coefficient (Wildman–Crippen LogP) is 5.76. The molecule has 0 atom stereocenters. The summed E-state index contributed by atoms with van der Waals surface area (Å²) in [7, 11) is 0. The third kappa shape index (κ3) is 4.68. The van der Waals surface area contributed by atoms with Crippen molar-refractivity contribution in [2.75, 3.05) is 18.0 Å². The van der Waals surface area contributed by atoms with Crippen LogP contribution in [0.5, 0.6) is 0 Å². The van der Waals surface area contributed by atoms with Crippen LogP contribution in [0.3, 0.4) is 0 Å². The second-order valence-electron chi connectivity index (χ2n) is 8.92. The van der Waals surface area contributed by atoms with Gasteiger partial charge in [-0.2, -0.15) is 0 Å². The van der Waals surface area contributed by atoms with Crippen LogP contribution in [0.25, 0.3) is 16.9 Å². The number of allylic oxidation sites excluding steroid dienone is 1. The Morgan fingerprint density at radius 2 is 2.00 bits per heavy atom. The number of anilines is 1. The molecular formula is C25H29ClN6O2Y-2. The Kier molecular flexibility index (Phi) is 8.19. The number of rotatable bonds is 3. The number of carbonyl (C=O) groups is 1. The van der Waals surface area contributed by atoms with Crippen LogP contribution in [0.4, 0.5) is 10.5 Å². The van der Waals surface area contributed by atoms with Crippen LogP contribution >= 0.6 is 11.6 Å². The van der Waals surface area contributed by atoms with Crippen molar-refractivity contribution in [3.05, 3.63) is 78.6 Å². The molecule has 1 amide bonds. The Labute approximate surface area is 236 Å². The number of hydrogen-bond donors (Lipinski definition) is 0. The number of fused-ring (bicyclic) bond motifs is 3. The quantitative estimate of drug-likeness (QED) is 0.374. The largest absolute Gasteiger partial charge is 0.630 e. The van der Waals surface area contributed by atoms with E-state index >= 15 is 0 Å². The number of likely N-dealkylation sites (tertiary alicyclic amines) is 1. The molecule has 2 aliphatic rings. The fourth-order valence-electron chi connectivity index (χ4n) is 5.00. The third-order valence-electron chi connectivity index (χ3n) is 6.68. The fraction of sp³-hybridized carbons (Fsp3) is 0.360. The summed E-state index contributed by atoms with van der Waals surface area (Å²) in [6.45, 7) is 9.78. The maximum Gasteiger partial charge on any atom is 0.410 e. The zero-order valence-electron chi connectivity index (χ0n) is 20.3. The van der Waals surface area contributed by atoms with Crippen LogP contribution < -0.4 is 4.90 Å². The average Bonchev–Trinajstić information content (AvgIpc) is 3.22. The number of aromatic nitrogens is 3. The SMILES string of the molecule is C=C1N(Cc2nc3ccc(Cl)cc3n2[NH-])c2cnccc2C12CCN(C(=O)OC(C)C)CC2.[CH3-].[Y]. The van der Waals surface area contributed by atoms with Gasteiger partial charge in [-0.25, -0.2) is 9.78 Å². The molecule has 2 aromatic heterocycles. The number of halogens is 1. The van der Waals surface area contributed by atoms with E-state index in [9.17, 15) is 4.79 Å². The van der Waals surface area contributed by atoms with E-state index in [0.717, 1.165) is 35.3 Å². The van der Waals surface area contributed by atoms with Gasteiger partial charge in [0.25, 0.3) is 0 Å². The number of nitrogens with one attached hydrogen (secondary N) is 1. The van der Waals surface area contributed by atoms with E-state index in [1.54, 1.807) is 23.2 Å². The summed E-state index contributed by atoms with van der Waals surface area (Å²) in [4.78, 5) is 25.3. The normalized spacial score (nSPS) is 16.3. The zero-order chi connectivity index (χ0) is 23.3. The minimum Gasteiger partial charge on any atom is -0.630 e. The van der Waals surface area contributed by atoms with Crippen molar-refractivity contribution in [1.82, 2.24) is 19.5 Å². The molecule has 0 unspecified atom stereocenters. The van der Waals surface area contributed by atoms with Crippen LogP contribution in [0.15, 0.2) is 48.9 Å². The average molecular weight is 570 g/mol. The molecular weight excluding hydrogens is 541 g/mol. The van der Waals surface area contributed by atoms with E-state index in [1.807, 2.05) is 32.2 Å². The van der Waals surface area contributed by atoms with Gasteiger partial charge in [-0.05, 0) is 56.5 Å². The summed E-state index contributed by atoms with van der Waals surface area (Å²) in [6.07, 6.45) is 4.74. The van der Waals surface area contributed by atoms with Crippen LogP contribution in [0, 0.1) is 7.43 Å². The maximum atomic E-state index is 12.4. The first-order valence-electron chi connectivity index (χ1n) is 11.1. The summed E-state index contributed by atoms with van der Waals surface area (Å²) in [5.74, 6) is 9.16. The maximum absolute atomic E-state index is 12.4. The molecule has 5 rings (SSSR count). The summed E-state index contributed by atoms with van der Waals surface area (Å²) >= 11 is 6.13. The molecule has 10 heteroatoms. The Hall–Kier alpha value is -2.16. The molecule has 1 spiro atoms. The van der Waals surface area contributed by atoms with Crippen molar-refractivity contribution in [2.24, 2.45) is 0 Å². The van der Waals surface area contributed by atoms with Crippen LogP contribution in [-0.2, 0) is 49.4 Å². The first-order valence-corrected chi connectivity index (χ1v) is 11.4. The van der Waals surface area contributed by atoms with E-state index in [0.29, 0.717) is 36.0 Å². The molecule has 1 radical (unpaired) electrons. The number of amides is 1. The zero-order valence-corrected chi connectivity index (χ0v) is 23.9. The van der Waals surface area contributed by atoms with Crippen molar-refractivity contribution in [3.8, 4) is 0 Å². The van der Waals surface area contributed by atoms with Gasteiger partial charge in [0.1, 0.15) is 5.82 Å². The van der Waals surface area contributed by atoms with E-state index in [1.165, 1.54) is 4.68 Å². The van der Waals surface area contributed by atoms with Crippen molar-refractivity contribution in [3.63, 3.8) is 0 Å². The molecule has 2 aliphatic heterocycles. The second kappa shape index (κ2) is 10.4. The van der Waals surface area contributed by atoms with E-state index in [4.69, 9.17) is 22.2 Å². The van der Waals surface area contributed by atoms with Crippen LogP contribution in [0.1, 0.15) is 38.1 Å². The molecule has 1 saturated heterocycles. The summed E-state index contributed by atoms with van der Waals surface area (Å²) in [5.41, 5.74) is 4.20. The third-order valence-corrected chi connectivity index (χ3v) is 6.92. The van der Waals surface area contributed by atoms with Crippen LogP contribution in [0.2, 0.25) is 5.02 Å². The van der Waals surface area contributed by atoms with Gasteiger partial charge < -0.3 is 32.5 Å². The summed E-state index contributed by atoms with van der Waals surface area (Å²) in [5, 5.41) is 0.573. The molecule has 183 valence electrons. The van der Waals surface area contributed by atoms with E-state index in [2.05, 4.69) is 21.4 Å². The Bertz CT molecular complexity index is 1250. The Morgan fingerprint density at radius 1 is 1.29 bits per heavy atom. The van der Waals surface area contributed by atoms with Gasteiger partial charge in [0.2, 0.25) is 0 Å². The van der Waals surface area contributed by atoms with Crippen LogP contribution in [-0.4, -0.2) is 44.8 Å². The minimum absolute atomic E-state index is 0.